The number of methoxy groups -OCH3 is 1. The molecule has 4 N–H and O–H groups in total. The number of ketones is 2. The smallest absolute Gasteiger partial charge is 0.270 e. The Kier molecular flexibility index (Phi) is 18.2. The van der Waals surface area contributed by atoms with Crippen molar-refractivity contribution in [1.82, 2.24) is 10.2 Å². The van der Waals surface area contributed by atoms with Crippen LogP contribution in [-0.2, 0) is 87.9 Å². The van der Waals surface area contributed by atoms with Crippen molar-refractivity contribution in [2.24, 2.45) is 5.92 Å². The summed E-state index contributed by atoms with van der Waals surface area (Å²) in [5.41, 5.74) is 5.44. The van der Waals surface area contributed by atoms with Gasteiger partial charge in [-0.15, -0.1) is 0 Å². The van der Waals surface area contributed by atoms with Crippen LogP contribution in [0.2, 0.25) is 0 Å². The first-order valence-electron chi connectivity index (χ1n) is 29.0. The van der Waals surface area contributed by atoms with Crippen LogP contribution >= 0.6 is 0 Å². The number of carbonyl (C=O) groups excluding carboxylic acids is 8. The lowest BCUT2D eigenvalue weighted by Crippen LogP contribution is -2.47. The molecule has 0 saturated carbocycles. The first-order chi connectivity index (χ1) is 41.9. The molecular formula is C64H67N5O17S2. The van der Waals surface area contributed by atoms with E-state index in [0.717, 1.165) is 16.0 Å². The van der Waals surface area contributed by atoms with Gasteiger partial charge in [-0.25, -0.2) is 0 Å². The summed E-state index contributed by atoms with van der Waals surface area (Å²) in [5.74, 6) is -3.50. The number of fused-ring (bicyclic) bond motifs is 8. The zero-order chi connectivity index (χ0) is 62.9. The number of nitrogens with one attached hydrogen (secondary N) is 2. The second kappa shape index (κ2) is 25.6. The van der Waals surface area contributed by atoms with Crippen LogP contribution in [0.4, 0.5) is 17.1 Å². The van der Waals surface area contributed by atoms with Gasteiger partial charge in [-0.2, -0.15) is 16.8 Å². The molecule has 0 fully saturated rings. The van der Waals surface area contributed by atoms with Gasteiger partial charge in [0.2, 0.25) is 11.8 Å². The van der Waals surface area contributed by atoms with Gasteiger partial charge in [0.25, 0.3) is 43.9 Å². The molecule has 88 heavy (non-hydrogen) atoms. The lowest BCUT2D eigenvalue weighted by atomic mass is 9.97. The molecule has 6 atom stereocenters. The number of imide groups is 1. The van der Waals surface area contributed by atoms with Gasteiger partial charge in [0, 0.05) is 78.5 Å². The summed E-state index contributed by atoms with van der Waals surface area (Å²) in [6.45, 7) is 4.59. The summed E-state index contributed by atoms with van der Waals surface area (Å²) in [6.07, 6.45) is 3.68. The van der Waals surface area contributed by atoms with Gasteiger partial charge in [0.05, 0.1) is 25.2 Å². The number of amides is 6. The molecule has 6 amide bonds. The molecule has 0 saturated heterocycles. The van der Waals surface area contributed by atoms with Crippen LogP contribution < -0.4 is 34.6 Å². The molecule has 5 aliphatic heterocycles. The molecule has 0 bridgehead atoms. The van der Waals surface area contributed by atoms with Gasteiger partial charge in [0.15, 0.2) is 17.3 Å². The second-order valence-electron chi connectivity index (χ2n) is 23.1. The van der Waals surface area contributed by atoms with Gasteiger partial charge in [0.1, 0.15) is 35.2 Å². The van der Waals surface area contributed by atoms with Crippen molar-refractivity contribution in [2.45, 2.75) is 133 Å². The van der Waals surface area contributed by atoms with Crippen molar-refractivity contribution in [3.8, 4) is 17.2 Å². The fraction of sp³-hybridized carbons (Fsp3) is 0.375. The van der Waals surface area contributed by atoms with Crippen LogP contribution in [0.15, 0.2) is 103 Å². The summed E-state index contributed by atoms with van der Waals surface area (Å²) in [4.78, 5) is 109. The highest BCUT2D eigenvalue weighted by atomic mass is 32.2. The molecule has 0 aliphatic carbocycles. The summed E-state index contributed by atoms with van der Waals surface area (Å²) >= 11 is 0. The molecule has 462 valence electrons. The fourth-order valence-corrected chi connectivity index (χ4v) is 14.4. The summed E-state index contributed by atoms with van der Waals surface area (Å²) < 4.78 is 92.1. The Balaban J connectivity index is 0.846. The topological polar surface area (TPSA) is 307 Å². The maximum absolute atomic E-state index is 14.4. The van der Waals surface area contributed by atoms with Gasteiger partial charge in [-0.3, -0.25) is 52.4 Å². The van der Waals surface area contributed by atoms with Gasteiger partial charge in [-0.05, 0) is 152 Å². The van der Waals surface area contributed by atoms with Crippen LogP contribution in [0, 0.1) is 12.8 Å². The molecule has 0 spiro atoms. The van der Waals surface area contributed by atoms with Crippen molar-refractivity contribution < 1.29 is 78.5 Å². The molecule has 0 radical (unpaired) electrons. The van der Waals surface area contributed by atoms with Crippen LogP contribution in [0.3, 0.4) is 0 Å². The SMILES string of the molecule is COc1cc2c(cc1OCc1cc(COc3cc4c(cc3C)C(=O)N3c5ccccc5C[C@H]3C(S(=O)(=O)O)C4)cc(NC(=O)[C@H](C)CC(=O)[C@H](C)NC(=O)CCCCC(=O)CCCN3C(=O)C=CC3=O)c1)CC(S(=O)(=O)O)[C@@H]1Cc3ccccc3N1C2=O. The quantitative estimate of drug-likeness (QED) is 0.0280. The number of hydrogen-bond acceptors (Lipinski definition) is 15. The summed E-state index contributed by atoms with van der Waals surface area (Å²) in [5, 5.41) is 2.82. The molecular weight excluding hydrogens is 1170 g/mol. The molecule has 2 unspecified atom stereocenters. The Bertz CT molecular complexity index is 3940. The Morgan fingerprint density at radius 1 is 0.625 bits per heavy atom. The van der Waals surface area contributed by atoms with Crippen molar-refractivity contribution >= 4 is 84.3 Å². The predicted molar refractivity (Wildman–Crippen MR) is 322 cm³/mol. The maximum Gasteiger partial charge on any atom is 0.270 e. The zero-order valence-corrected chi connectivity index (χ0v) is 50.5. The number of nitrogens with zero attached hydrogens (tertiary/aromatic N) is 3. The van der Waals surface area contributed by atoms with E-state index in [9.17, 15) is 64.3 Å². The van der Waals surface area contributed by atoms with E-state index in [-0.39, 0.29) is 111 Å². The number of ether oxygens (including phenoxy) is 3. The van der Waals surface area contributed by atoms with Crippen molar-refractivity contribution in [2.75, 3.05) is 28.8 Å². The third-order valence-electron chi connectivity index (χ3n) is 16.9. The normalized spacial score (nSPS) is 19.1. The zero-order valence-electron chi connectivity index (χ0n) is 48.9. The molecule has 10 rings (SSSR count). The highest BCUT2D eigenvalue weighted by molar-refractivity contribution is 7.86. The minimum atomic E-state index is -4.71. The molecule has 5 aliphatic rings. The van der Waals surface area contributed by atoms with Gasteiger partial charge in [-0.1, -0.05) is 43.3 Å². The number of carbonyl (C=O) groups is 8. The average Bonchev–Trinajstić information content (AvgIpc) is 2.59. The van der Waals surface area contributed by atoms with E-state index in [1.807, 2.05) is 12.1 Å². The molecule has 5 aromatic rings. The van der Waals surface area contributed by atoms with Crippen molar-refractivity contribution in [1.29, 1.82) is 0 Å². The Labute approximate surface area is 509 Å². The van der Waals surface area contributed by atoms with Crippen LogP contribution in [0.5, 0.6) is 17.2 Å². The Hall–Kier alpha value is -8.58. The number of rotatable bonds is 24. The van der Waals surface area contributed by atoms with E-state index < -0.39 is 96.0 Å². The molecule has 0 aromatic heterocycles. The molecule has 22 nitrogen and oxygen atoms in total. The largest absolute Gasteiger partial charge is 0.493 e. The first kappa shape index (κ1) is 62.5. The van der Waals surface area contributed by atoms with E-state index in [4.69, 9.17) is 14.2 Å². The van der Waals surface area contributed by atoms with E-state index in [2.05, 4.69) is 10.6 Å². The highest BCUT2D eigenvalue weighted by Gasteiger charge is 2.49. The number of para-hydroxylation sites is 2. The average molecular weight is 1240 g/mol. The van der Waals surface area contributed by atoms with Gasteiger partial charge < -0.3 is 34.6 Å². The standard InChI is InChI=1S/C64H67N5O17S2/c1-36-22-47-43(31-57(87(78,79)80)51-27-41-12-5-8-16-49(41)68(51)63(47)76)29-54(36)85-34-39-24-40(35-86-56-30-44-32-58(88(81,82)83)52-28-42-13-6-9-17-50(42)69(52)64(77)48(44)33-55(56)84-4)26-45(25-39)66-62(75)37(2)23-53(71)38(3)65-59(72)18-10-7-14-46(70)15-11-21-67-60(73)19-20-61(67)74/h5-6,8-9,12-13,16-17,19-20,22,24-26,29-30,33,37-38,51-52,57-58H,7,10-11,14-15,18,21,23,27-28,31-32,34-35H2,1-4H3,(H,65,72)(H,66,75)(H,78,79,80)(H,81,82,83)/t37-,38+,51+,52+,57?,58?/m1/s1. The fourth-order valence-electron chi connectivity index (χ4n) is 12.4. The monoisotopic (exact) mass is 1240 g/mol. The van der Waals surface area contributed by atoms with Crippen molar-refractivity contribution in [3.63, 3.8) is 0 Å². The van der Waals surface area contributed by atoms with Crippen LogP contribution in [0.25, 0.3) is 0 Å². The van der Waals surface area contributed by atoms with Crippen molar-refractivity contribution in [3.05, 3.63) is 153 Å². The minimum Gasteiger partial charge on any atom is -0.493 e. The lowest BCUT2D eigenvalue weighted by molar-refractivity contribution is -0.137. The molecule has 5 aromatic carbocycles. The third-order valence-corrected chi connectivity index (χ3v) is 19.4. The van der Waals surface area contributed by atoms with E-state index in [0.29, 0.717) is 58.6 Å². The van der Waals surface area contributed by atoms with Crippen LogP contribution in [-0.4, -0.2) is 120 Å². The molecule has 5 heterocycles. The second-order valence-corrected chi connectivity index (χ2v) is 26.3. The molecule has 24 heteroatoms. The maximum atomic E-state index is 14.4. The first-order valence-corrected chi connectivity index (χ1v) is 32.0. The number of aryl methyl sites for hydroxylation is 1. The summed E-state index contributed by atoms with van der Waals surface area (Å²) in [7, 11) is -8.00. The number of benzene rings is 5. The Morgan fingerprint density at radius 2 is 1.14 bits per heavy atom. The number of Topliss-reactive ketones (excluding diaryl/α,β-unsaturated/α-hetero) is 2. The minimum absolute atomic E-state index is 0.0480. The number of hydrogen-bond donors (Lipinski definition) is 4. The summed E-state index contributed by atoms with van der Waals surface area (Å²) in [6, 6.07) is 22.7. The van der Waals surface area contributed by atoms with E-state index in [1.54, 1.807) is 80.6 Å². The van der Waals surface area contributed by atoms with Gasteiger partial charge >= 0.3 is 0 Å². The number of anilines is 3. The van der Waals surface area contributed by atoms with Crippen LogP contribution in [0.1, 0.15) is 118 Å². The lowest BCUT2D eigenvalue weighted by Gasteiger charge is -2.27. The highest BCUT2D eigenvalue weighted by Crippen LogP contribution is 2.44. The van der Waals surface area contributed by atoms with E-state index in [1.165, 1.54) is 48.1 Å². The Morgan fingerprint density at radius 3 is 1.69 bits per heavy atom. The predicted octanol–water partition coefficient (Wildman–Crippen LogP) is 6.80. The third kappa shape index (κ3) is 13.4. The number of unbranched alkanes of at least 4 members (excludes halogenated alkanes) is 1. The van der Waals surface area contributed by atoms with E-state index >= 15 is 0 Å².